The molecule has 0 bridgehead atoms. The summed E-state index contributed by atoms with van der Waals surface area (Å²) in [7, 11) is -3.73. The van der Waals surface area contributed by atoms with E-state index in [9.17, 15) is 12.8 Å². The fraction of sp³-hybridized carbons (Fsp3) is 0.250. The molecule has 108 valence electrons. The first-order valence-corrected chi connectivity index (χ1v) is 7.40. The van der Waals surface area contributed by atoms with Gasteiger partial charge in [-0.2, -0.15) is 0 Å². The normalized spacial score (nSPS) is 13.3. The van der Waals surface area contributed by atoms with Crippen molar-refractivity contribution in [1.29, 1.82) is 0 Å². The van der Waals surface area contributed by atoms with Crippen LogP contribution >= 0.6 is 0 Å². The van der Waals surface area contributed by atoms with Gasteiger partial charge in [-0.25, -0.2) is 22.5 Å². The number of hydrogen-bond donors (Lipinski definition) is 2. The van der Waals surface area contributed by atoms with Crippen molar-refractivity contribution in [2.24, 2.45) is 0 Å². The van der Waals surface area contributed by atoms with E-state index in [2.05, 4.69) is 9.71 Å². The SMILES string of the molecule is CC(Cn1ccnc1)NS(=O)(=O)c1ccc(F)c(N)c1. The van der Waals surface area contributed by atoms with Crippen LogP contribution in [-0.2, 0) is 16.6 Å². The van der Waals surface area contributed by atoms with Crippen LogP contribution in [0.5, 0.6) is 0 Å². The molecule has 1 unspecified atom stereocenters. The molecule has 8 heteroatoms. The molecule has 2 aromatic rings. The largest absolute Gasteiger partial charge is 0.396 e. The number of nitrogens with two attached hydrogens (primary N) is 1. The third-order valence-electron chi connectivity index (χ3n) is 2.68. The van der Waals surface area contributed by atoms with Gasteiger partial charge in [0.05, 0.1) is 16.9 Å². The molecule has 1 aromatic heterocycles. The van der Waals surface area contributed by atoms with Gasteiger partial charge in [0, 0.05) is 25.0 Å². The lowest BCUT2D eigenvalue weighted by Crippen LogP contribution is -2.35. The van der Waals surface area contributed by atoms with Crippen LogP contribution in [0.2, 0.25) is 0 Å². The molecular formula is C12H15FN4O2S. The lowest BCUT2D eigenvalue weighted by Gasteiger charge is -2.15. The predicted molar refractivity (Wildman–Crippen MR) is 72.8 cm³/mol. The second-order valence-corrected chi connectivity index (χ2v) is 6.18. The number of rotatable bonds is 5. The molecule has 0 spiro atoms. The molecule has 0 saturated carbocycles. The lowest BCUT2D eigenvalue weighted by molar-refractivity contribution is 0.520. The Bertz CT molecular complexity index is 685. The molecule has 3 N–H and O–H groups in total. The summed E-state index contributed by atoms with van der Waals surface area (Å²) < 4.78 is 41.6. The summed E-state index contributed by atoms with van der Waals surface area (Å²) in [5, 5.41) is 0. The second-order valence-electron chi connectivity index (χ2n) is 4.47. The van der Waals surface area contributed by atoms with Crippen LogP contribution in [0.3, 0.4) is 0 Å². The van der Waals surface area contributed by atoms with E-state index in [0.717, 1.165) is 12.1 Å². The van der Waals surface area contributed by atoms with Crippen LogP contribution in [0.1, 0.15) is 6.92 Å². The van der Waals surface area contributed by atoms with E-state index in [1.54, 1.807) is 30.2 Å². The topological polar surface area (TPSA) is 90.0 Å². The highest BCUT2D eigenvalue weighted by Crippen LogP contribution is 2.16. The van der Waals surface area contributed by atoms with Crippen molar-refractivity contribution in [2.45, 2.75) is 24.4 Å². The van der Waals surface area contributed by atoms with Crippen molar-refractivity contribution in [3.8, 4) is 0 Å². The Morgan fingerprint density at radius 3 is 2.85 bits per heavy atom. The first-order valence-electron chi connectivity index (χ1n) is 5.91. The lowest BCUT2D eigenvalue weighted by atomic mass is 10.3. The highest BCUT2D eigenvalue weighted by molar-refractivity contribution is 7.89. The van der Waals surface area contributed by atoms with Crippen molar-refractivity contribution in [3.63, 3.8) is 0 Å². The molecule has 2 rings (SSSR count). The van der Waals surface area contributed by atoms with E-state index < -0.39 is 15.8 Å². The minimum atomic E-state index is -3.73. The number of sulfonamides is 1. The highest BCUT2D eigenvalue weighted by Gasteiger charge is 2.18. The van der Waals surface area contributed by atoms with Crippen molar-refractivity contribution in [2.75, 3.05) is 5.73 Å². The number of nitrogen functional groups attached to an aromatic ring is 1. The van der Waals surface area contributed by atoms with Gasteiger partial charge < -0.3 is 10.3 Å². The minimum absolute atomic E-state index is 0.0612. The first kappa shape index (κ1) is 14.5. The van der Waals surface area contributed by atoms with Crippen LogP contribution in [-0.4, -0.2) is 24.0 Å². The third kappa shape index (κ3) is 3.34. The maximum Gasteiger partial charge on any atom is 0.240 e. The number of nitrogens with zero attached hydrogens (tertiary/aromatic N) is 2. The molecule has 0 amide bonds. The maximum absolute atomic E-state index is 13.1. The second kappa shape index (κ2) is 5.59. The average molecular weight is 298 g/mol. The van der Waals surface area contributed by atoms with Crippen molar-refractivity contribution in [3.05, 3.63) is 42.7 Å². The smallest absolute Gasteiger partial charge is 0.240 e. The van der Waals surface area contributed by atoms with Crippen molar-refractivity contribution < 1.29 is 12.8 Å². The van der Waals surface area contributed by atoms with Crippen LogP contribution in [0, 0.1) is 5.82 Å². The van der Waals surface area contributed by atoms with Gasteiger partial charge in [-0.15, -0.1) is 0 Å². The van der Waals surface area contributed by atoms with Crippen molar-refractivity contribution in [1.82, 2.24) is 14.3 Å². The van der Waals surface area contributed by atoms with E-state index in [1.165, 1.54) is 6.07 Å². The summed E-state index contributed by atoms with van der Waals surface area (Å²) in [5.41, 5.74) is 5.18. The Morgan fingerprint density at radius 1 is 1.50 bits per heavy atom. The number of anilines is 1. The third-order valence-corrected chi connectivity index (χ3v) is 4.27. The predicted octanol–water partition coefficient (Wildman–Crippen LogP) is 0.971. The van der Waals surface area contributed by atoms with E-state index in [-0.39, 0.29) is 16.6 Å². The molecule has 0 aliphatic heterocycles. The molecule has 6 nitrogen and oxygen atoms in total. The summed E-state index contributed by atoms with van der Waals surface area (Å²) in [6, 6.07) is 2.96. The molecule has 0 fully saturated rings. The summed E-state index contributed by atoms with van der Waals surface area (Å²) in [6.07, 6.45) is 4.95. The van der Waals surface area contributed by atoms with Gasteiger partial charge in [0.1, 0.15) is 5.82 Å². The Balaban J connectivity index is 2.12. The van der Waals surface area contributed by atoms with Gasteiger partial charge in [-0.05, 0) is 25.1 Å². The fourth-order valence-corrected chi connectivity index (χ4v) is 3.04. The average Bonchev–Trinajstić information content (AvgIpc) is 2.84. The van der Waals surface area contributed by atoms with Crippen LogP contribution in [0.4, 0.5) is 10.1 Å². The van der Waals surface area contributed by atoms with Crippen LogP contribution in [0.15, 0.2) is 41.8 Å². The zero-order chi connectivity index (χ0) is 14.8. The quantitative estimate of drug-likeness (QED) is 0.805. The molecule has 0 aliphatic carbocycles. The van der Waals surface area contributed by atoms with Gasteiger partial charge in [0.15, 0.2) is 0 Å². The molecule has 0 aliphatic rings. The number of halogens is 1. The minimum Gasteiger partial charge on any atom is -0.396 e. The fourth-order valence-electron chi connectivity index (χ4n) is 1.77. The van der Waals surface area contributed by atoms with Gasteiger partial charge in [0.25, 0.3) is 0 Å². The molecule has 1 atom stereocenters. The van der Waals surface area contributed by atoms with Crippen LogP contribution in [0.25, 0.3) is 0 Å². The van der Waals surface area contributed by atoms with Gasteiger partial charge in [-0.3, -0.25) is 0 Å². The summed E-state index contributed by atoms with van der Waals surface area (Å²) in [5.74, 6) is -0.643. The molecule has 1 aromatic carbocycles. The Kier molecular flexibility index (Phi) is 4.05. The summed E-state index contributed by atoms with van der Waals surface area (Å²) in [4.78, 5) is 3.82. The standard InChI is InChI=1S/C12H15FN4O2S/c1-9(7-17-5-4-15-8-17)16-20(18,19)10-2-3-11(13)12(14)6-10/h2-6,8-9,16H,7,14H2,1H3. The number of imidazole rings is 1. The number of hydrogen-bond acceptors (Lipinski definition) is 4. The Hall–Kier alpha value is -1.93. The monoisotopic (exact) mass is 298 g/mol. The Morgan fingerprint density at radius 2 is 2.25 bits per heavy atom. The Labute approximate surface area is 116 Å². The molecular weight excluding hydrogens is 283 g/mol. The van der Waals surface area contributed by atoms with Gasteiger partial charge >= 0.3 is 0 Å². The number of nitrogens with one attached hydrogen (secondary N) is 1. The maximum atomic E-state index is 13.1. The van der Waals surface area contributed by atoms with E-state index in [0.29, 0.717) is 6.54 Å². The summed E-state index contributed by atoms with van der Waals surface area (Å²) in [6.45, 7) is 2.17. The van der Waals surface area contributed by atoms with E-state index in [4.69, 9.17) is 5.73 Å². The first-order chi connectivity index (χ1) is 9.38. The molecule has 0 radical (unpaired) electrons. The highest BCUT2D eigenvalue weighted by atomic mass is 32.2. The van der Waals surface area contributed by atoms with Gasteiger partial charge in [-0.1, -0.05) is 0 Å². The number of aromatic nitrogens is 2. The zero-order valence-corrected chi connectivity index (χ0v) is 11.6. The molecule has 0 saturated heterocycles. The van der Waals surface area contributed by atoms with Crippen LogP contribution < -0.4 is 10.5 Å². The summed E-state index contributed by atoms with van der Waals surface area (Å²) >= 11 is 0. The molecule has 20 heavy (non-hydrogen) atoms. The van der Waals surface area contributed by atoms with E-state index in [1.807, 2.05) is 0 Å². The number of benzene rings is 1. The zero-order valence-electron chi connectivity index (χ0n) is 10.8. The van der Waals surface area contributed by atoms with Gasteiger partial charge in [0.2, 0.25) is 10.0 Å². The van der Waals surface area contributed by atoms with E-state index >= 15 is 0 Å². The van der Waals surface area contributed by atoms with Crippen molar-refractivity contribution >= 4 is 15.7 Å². The molecule has 1 heterocycles.